The summed E-state index contributed by atoms with van der Waals surface area (Å²) in [6, 6.07) is 31.3. The highest BCUT2D eigenvalue weighted by molar-refractivity contribution is 6.77. The molecule has 3 heterocycles. The molecule has 3 aliphatic heterocycles. The van der Waals surface area contributed by atoms with Gasteiger partial charge in [-0.1, -0.05) is 139 Å². The average Bonchev–Trinajstić information content (AvgIpc) is 3.28. The lowest BCUT2D eigenvalue weighted by Crippen LogP contribution is -2.65. The highest BCUT2D eigenvalue weighted by atomic mass is 28.4. The van der Waals surface area contributed by atoms with Gasteiger partial charge in [-0.05, 0) is 66.4 Å². The Bertz CT molecular complexity index is 1580. The topological polar surface area (TPSA) is 64.6 Å². The molecule has 0 aliphatic carbocycles. The summed E-state index contributed by atoms with van der Waals surface area (Å²) in [4.78, 5) is 0. The summed E-state index contributed by atoms with van der Waals surface area (Å²) in [5, 5.41) is 0. The van der Waals surface area contributed by atoms with Crippen LogP contribution in [-0.2, 0) is 52.7 Å². The Balaban J connectivity index is 1.25. The molecule has 0 amide bonds. The van der Waals surface area contributed by atoms with Gasteiger partial charge in [0.1, 0.15) is 11.7 Å². The number of ether oxygens (including phenoxy) is 6. The molecule has 3 aliphatic rings. The van der Waals surface area contributed by atoms with E-state index >= 15 is 0 Å². The van der Waals surface area contributed by atoms with Crippen LogP contribution in [0, 0.1) is 5.92 Å². The predicted molar refractivity (Wildman–Crippen MR) is 226 cm³/mol. The van der Waals surface area contributed by atoms with Crippen LogP contribution in [0.5, 0.6) is 0 Å². The second-order valence-electron chi connectivity index (χ2n) is 18.1. The Labute approximate surface area is 339 Å². The number of rotatable bonds is 17. The van der Waals surface area contributed by atoms with Crippen molar-refractivity contribution in [2.75, 3.05) is 13.2 Å². The van der Waals surface area contributed by atoms with E-state index in [1.165, 1.54) is 5.56 Å². The first-order valence-electron chi connectivity index (χ1n) is 21.4. The molecule has 9 atom stereocenters. The Morgan fingerprint density at radius 3 is 1.80 bits per heavy atom. The standard InChI is InChI=1S/C48H70O7Si/c1-34(2)56(35(3)4,36(5)6)52-33-48(9)43(50-31-39-21-15-11-16-22-39)25-27-47(8)44(54-48)29-42-46(55-47)45(51-32-40-23-17-12-18-24-40)37(7)41(53-42)26-28-49-30-38-19-13-10-14-20-38/h10-24,34-37,41-46H,25-33H2,1-9H3/t37-,41+,42-,43+,44+,45+,46-,47-,48-/m1/s1. The molecule has 0 spiro atoms. The number of fused-ring (bicyclic) bond motifs is 2. The fraction of sp³-hybridized carbons (Fsp3) is 0.625. The summed E-state index contributed by atoms with van der Waals surface area (Å²) < 4.78 is 49.2. The van der Waals surface area contributed by atoms with Gasteiger partial charge in [0.15, 0.2) is 8.32 Å². The summed E-state index contributed by atoms with van der Waals surface area (Å²) in [5.41, 5.74) is 3.62. The molecule has 3 aromatic carbocycles. The monoisotopic (exact) mass is 786 g/mol. The van der Waals surface area contributed by atoms with E-state index < -0.39 is 19.5 Å². The van der Waals surface area contributed by atoms with Crippen molar-refractivity contribution < 1.29 is 32.8 Å². The molecule has 3 aromatic rings. The molecule has 0 aromatic heterocycles. The third kappa shape index (κ3) is 9.89. The molecule has 308 valence electrons. The van der Waals surface area contributed by atoms with Crippen molar-refractivity contribution in [1.82, 2.24) is 0 Å². The van der Waals surface area contributed by atoms with Crippen LogP contribution < -0.4 is 0 Å². The molecule has 7 nitrogen and oxygen atoms in total. The van der Waals surface area contributed by atoms with Crippen LogP contribution in [0.25, 0.3) is 0 Å². The lowest BCUT2D eigenvalue weighted by atomic mass is 9.78. The first-order chi connectivity index (χ1) is 26.8. The van der Waals surface area contributed by atoms with Crippen molar-refractivity contribution in [2.24, 2.45) is 5.92 Å². The molecular weight excluding hydrogens is 717 g/mol. The SMILES string of the molecule is CC(C)[Si](OC[C@@]1(C)O[C@H]2C[C@H]3O[C@@H](CCOCc4ccccc4)[C@@H](C)[C@H](OCc4ccccc4)[C@@H]3O[C@]2(C)CC[C@@H]1OCc1ccccc1)(C(C)C)C(C)C. The zero-order valence-electron chi connectivity index (χ0n) is 35.7. The van der Waals surface area contributed by atoms with E-state index in [1.807, 2.05) is 12.1 Å². The van der Waals surface area contributed by atoms with Gasteiger partial charge in [-0.2, -0.15) is 0 Å². The largest absolute Gasteiger partial charge is 0.413 e. The minimum Gasteiger partial charge on any atom is -0.413 e. The van der Waals surface area contributed by atoms with Gasteiger partial charge in [0.25, 0.3) is 0 Å². The van der Waals surface area contributed by atoms with Crippen molar-refractivity contribution in [2.45, 2.75) is 172 Å². The Hall–Kier alpha value is -2.40. The van der Waals surface area contributed by atoms with E-state index in [9.17, 15) is 0 Å². The highest BCUT2D eigenvalue weighted by Gasteiger charge is 2.59. The summed E-state index contributed by atoms with van der Waals surface area (Å²) in [5.74, 6) is 0.105. The predicted octanol–water partition coefficient (Wildman–Crippen LogP) is 10.8. The van der Waals surface area contributed by atoms with E-state index in [4.69, 9.17) is 32.8 Å². The minimum absolute atomic E-state index is 0.0436. The Morgan fingerprint density at radius 1 is 0.714 bits per heavy atom. The number of hydrogen-bond donors (Lipinski definition) is 0. The molecule has 6 rings (SSSR count). The van der Waals surface area contributed by atoms with Crippen molar-refractivity contribution in [3.63, 3.8) is 0 Å². The maximum Gasteiger partial charge on any atom is 0.200 e. The number of benzene rings is 3. The molecule has 3 saturated heterocycles. The van der Waals surface area contributed by atoms with Crippen LogP contribution in [-0.4, -0.2) is 69.4 Å². The van der Waals surface area contributed by atoms with Gasteiger partial charge in [0, 0.05) is 18.9 Å². The molecule has 3 fully saturated rings. The van der Waals surface area contributed by atoms with Crippen molar-refractivity contribution in [3.05, 3.63) is 108 Å². The van der Waals surface area contributed by atoms with Crippen LogP contribution in [0.15, 0.2) is 91.0 Å². The third-order valence-corrected chi connectivity index (χ3v) is 19.3. The maximum absolute atomic E-state index is 7.47. The summed E-state index contributed by atoms with van der Waals surface area (Å²) >= 11 is 0. The van der Waals surface area contributed by atoms with Gasteiger partial charge in [-0.3, -0.25) is 0 Å². The second kappa shape index (κ2) is 19.1. The van der Waals surface area contributed by atoms with Gasteiger partial charge in [0.05, 0.1) is 62.5 Å². The summed E-state index contributed by atoms with van der Waals surface area (Å²) in [7, 11) is -2.20. The molecule has 56 heavy (non-hydrogen) atoms. The van der Waals surface area contributed by atoms with Gasteiger partial charge < -0.3 is 32.8 Å². The lowest BCUT2D eigenvalue weighted by molar-refractivity contribution is -0.318. The fourth-order valence-corrected chi connectivity index (χ4v) is 15.6. The Kier molecular flexibility index (Phi) is 14.7. The molecule has 8 heteroatoms. The normalized spacial score (nSPS) is 31.0. The van der Waals surface area contributed by atoms with Crippen LogP contribution in [0.1, 0.15) is 105 Å². The lowest BCUT2D eigenvalue weighted by Gasteiger charge is -2.55. The number of hydrogen-bond acceptors (Lipinski definition) is 7. The first kappa shape index (κ1) is 43.2. The van der Waals surface area contributed by atoms with E-state index in [0.29, 0.717) is 56.1 Å². The molecule has 0 radical (unpaired) electrons. The van der Waals surface area contributed by atoms with Crippen molar-refractivity contribution in [3.8, 4) is 0 Å². The smallest absolute Gasteiger partial charge is 0.200 e. The van der Waals surface area contributed by atoms with Crippen molar-refractivity contribution in [1.29, 1.82) is 0 Å². The first-order valence-corrected chi connectivity index (χ1v) is 23.6. The third-order valence-electron chi connectivity index (χ3n) is 13.2. The molecule has 0 unspecified atom stereocenters. The quantitative estimate of drug-likeness (QED) is 0.0997. The van der Waals surface area contributed by atoms with Gasteiger partial charge in [-0.25, -0.2) is 0 Å². The second-order valence-corrected chi connectivity index (χ2v) is 23.6. The molecule has 0 bridgehead atoms. The molecule has 0 saturated carbocycles. The van der Waals surface area contributed by atoms with E-state index in [0.717, 1.165) is 30.4 Å². The van der Waals surface area contributed by atoms with E-state index in [-0.39, 0.29) is 42.5 Å². The van der Waals surface area contributed by atoms with E-state index in [2.05, 4.69) is 141 Å². The summed E-state index contributed by atoms with van der Waals surface area (Å²) in [6.45, 7) is 23.5. The van der Waals surface area contributed by atoms with Gasteiger partial charge in [0.2, 0.25) is 0 Å². The van der Waals surface area contributed by atoms with Crippen LogP contribution in [0.4, 0.5) is 0 Å². The minimum atomic E-state index is -2.20. The maximum atomic E-state index is 7.47. The van der Waals surface area contributed by atoms with Crippen LogP contribution >= 0.6 is 0 Å². The fourth-order valence-electron chi connectivity index (χ4n) is 10.1. The zero-order valence-corrected chi connectivity index (χ0v) is 36.7. The average molecular weight is 787 g/mol. The molecule has 0 N–H and O–H groups in total. The van der Waals surface area contributed by atoms with Crippen LogP contribution in [0.3, 0.4) is 0 Å². The Morgan fingerprint density at radius 2 is 1.25 bits per heavy atom. The van der Waals surface area contributed by atoms with Crippen molar-refractivity contribution >= 4 is 8.32 Å². The van der Waals surface area contributed by atoms with Crippen LogP contribution in [0.2, 0.25) is 16.6 Å². The molecular formula is C48H70O7Si. The van der Waals surface area contributed by atoms with E-state index in [1.54, 1.807) is 0 Å². The highest BCUT2D eigenvalue weighted by Crippen LogP contribution is 2.49. The zero-order chi connectivity index (χ0) is 39.9. The summed E-state index contributed by atoms with van der Waals surface area (Å²) in [6.07, 6.45) is 2.07. The van der Waals surface area contributed by atoms with Gasteiger partial charge in [-0.15, -0.1) is 0 Å². The van der Waals surface area contributed by atoms with Gasteiger partial charge >= 0.3 is 0 Å².